The van der Waals surface area contributed by atoms with E-state index in [1.54, 1.807) is 0 Å². The maximum atomic E-state index is 3.78. The Kier molecular flexibility index (Phi) is 3.93. The average Bonchev–Trinajstić information content (AvgIpc) is 2.21. The molecular weight excluding hydrogens is 168 g/mol. The van der Waals surface area contributed by atoms with Crippen LogP contribution in [0.5, 0.6) is 0 Å². The van der Waals surface area contributed by atoms with Crippen LogP contribution in [0.4, 0.5) is 0 Å². The molecular formula is C14H16. The third kappa shape index (κ3) is 2.74. The second kappa shape index (κ2) is 5.23. The Morgan fingerprint density at radius 1 is 1.14 bits per heavy atom. The third-order valence-corrected chi connectivity index (χ3v) is 2.23. The van der Waals surface area contributed by atoms with Gasteiger partial charge in [-0.1, -0.05) is 54.1 Å². The smallest absolute Gasteiger partial charge is 0.0152 e. The minimum absolute atomic E-state index is 0.273. The summed E-state index contributed by atoms with van der Waals surface area (Å²) in [4.78, 5) is 0. The molecule has 0 unspecified atom stereocenters. The van der Waals surface area contributed by atoms with E-state index in [1.165, 1.54) is 11.1 Å². The molecule has 0 heterocycles. The first-order valence-corrected chi connectivity index (χ1v) is 4.76. The largest absolute Gasteiger partial charge is 0.102 e. The minimum atomic E-state index is 0.273. The molecule has 0 spiro atoms. The maximum absolute atomic E-state index is 3.78. The van der Waals surface area contributed by atoms with Gasteiger partial charge < -0.3 is 0 Å². The Balaban J connectivity index is 2.88. The molecule has 0 aliphatic heterocycles. The van der Waals surface area contributed by atoms with Gasteiger partial charge in [0, 0.05) is 5.92 Å². The highest BCUT2D eigenvalue weighted by molar-refractivity contribution is 5.53. The van der Waals surface area contributed by atoms with Gasteiger partial charge in [0.15, 0.2) is 0 Å². The normalized spacial score (nSPS) is 11.4. The molecule has 0 amide bonds. The van der Waals surface area contributed by atoms with Crippen molar-refractivity contribution in [3.63, 3.8) is 0 Å². The summed E-state index contributed by atoms with van der Waals surface area (Å²) in [5, 5.41) is 0. The van der Waals surface area contributed by atoms with Crippen molar-refractivity contribution in [1.82, 2.24) is 0 Å². The fourth-order valence-electron chi connectivity index (χ4n) is 1.38. The quantitative estimate of drug-likeness (QED) is 0.618. The zero-order valence-corrected chi connectivity index (χ0v) is 8.61. The molecule has 72 valence electrons. The predicted octanol–water partition coefficient (Wildman–Crippen LogP) is 4.08. The molecule has 0 radical (unpaired) electrons. The van der Waals surface area contributed by atoms with E-state index in [9.17, 15) is 0 Å². The van der Waals surface area contributed by atoms with Gasteiger partial charge in [-0.2, -0.15) is 0 Å². The molecule has 1 rings (SSSR count). The first-order valence-electron chi connectivity index (χ1n) is 4.76. The fourth-order valence-corrected chi connectivity index (χ4v) is 1.38. The molecule has 0 saturated heterocycles. The molecule has 0 N–H and O–H groups in total. The molecule has 0 bridgehead atoms. The fraction of sp³-hybridized carbons (Fsp3) is 0.143. The van der Waals surface area contributed by atoms with E-state index in [0.717, 1.165) is 0 Å². The summed E-state index contributed by atoms with van der Waals surface area (Å²) in [5.41, 5.74) is 2.49. The van der Waals surface area contributed by atoms with E-state index in [4.69, 9.17) is 0 Å². The Labute approximate surface area is 86.3 Å². The highest BCUT2D eigenvalue weighted by Crippen LogP contribution is 2.16. The van der Waals surface area contributed by atoms with Gasteiger partial charge in [-0.05, 0) is 12.5 Å². The molecule has 0 saturated carbocycles. The lowest BCUT2D eigenvalue weighted by atomic mass is 9.98. The van der Waals surface area contributed by atoms with Gasteiger partial charge in [0.25, 0.3) is 0 Å². The van der Waals surface area contributed by atoms with Crippen LogP contribution in [-0.2, 0) is 0 Å². The van der Waals surface area contributed by atoms with E-state index >= 15 is 0 Å². The van der Waals surface area contributed by atoms with Crippen LogP contribution in [-0.4, -0.2) is 0 Å². The zero-order valence-electron chi connectivity index (χ0n) is 8.61. The molecule has 1 aromatic rings. The van der Waals surface area contributed by atoms with E-state index < -0.39 is 0 Å². The van der Waals surface area contributed by atoms with Gasteiger partial charge in [-0.25, -0.2) is 0 Å². The molecule has 0 nitrogen and oxygen atoms in total. The number of benzene rings is 1. The minimum Gasteiger partial charge on any atom is -0.102 e. The summed E-state index contributed by atoms with van der Waals surface area (Å²) in [6, 6.07) is 10.3. The third-order valence-electron chi connectivity index (χ3n) is 2.23. The Morgan fingerprint density at radius 3 is 2.21 bits per heavy atom. The lowest BCUT2D eigenvalue weighted by Crippen LogP contribution is -1.91. The van der Waals surface area contributed by atoms with Gasteiger partial charge in [-0.3, -0.25) is 0 Å². The van der Waals surface area contributed by atoms with E-state index in [1.807, 2.05) is 30.4 Å². The molecule has 0 aliphatic rings. The van der Waals surface area contributed by atoms with Crippen molar-refractivity contribution in [1.29, 1.82) is 0 Å². The molecule has 0 heteroatoms. The summed E-state index contributed by atoms with van der Waals surface area (Å²) in [6.45, 7) is 9.66. The lowest BCUT2D eigenvalue weighted by Gasteiger charge is -2.07. The van der Waals surface area contributed by atoms with Gasteiger partial charge >= 0.3 is 0 Å². The Morgan fingerprint density at radius 2 is 1.71 bits per heavy atom. The number of hydrogen-bond donors (Lipinski definition) is 0. The van der Waals surface area contributed by atoms with Crippen molar-refractivity contribution < 1.29 is 0 Å². The lowest BCUT2D eigenvalue weighted by molar-refractivity contribution is 0.985. The first-order chi connectivity index (χ1) is 6.77. The summed E-state index contributed by atoms with van der Waals surface area (Å²) < 4.78 is 0. The van der Waals surface area contributed by atoms with Gasteiger partial charge in [0.1, 0.15) is 0 Å². The van der Waals surface area contributed by atoms with Gasteiger partial charge in [0.05, 0.1) is 0 Å². The number of allylic oxidation sites excluding steroid dienone is 3. The second-order valence-electron chi connectivity index (χ2n) is 3.30. The summed E-state index contributed by atoms with van der Waals surface area (Å²) in [7, 11) is 0. The Hall–Kier alpha value is -1.56. The first kappa shape index (κ1) is 10.5. The summed E-state index contributed by atoms with van der Waals surface area (Å²) >= 11 is 0. The van der Waals surface area contributed by atoms with Crippen LogP contribution < -0.4 is 0 Å². The van der Waals surface area contributed by atoms with Crippen molar-refractivity contribution in [2.75, 3.05) is 0 Å². The van der Waals surface area contributed by atoms with Crippen molar-refractivity contribution in [2.45, 2.75) is 6.92 Å². The van der Waals surface area contributed by atoms with Crippen molar-refractivity contribution >= 4 is 6.08 Å². The summed E-state index contributed by atoms with van der Waals surface area (Å²) in [6.07, 6.45) is 5.97. The molecule has 0 aromatic heterocycles. The Bertz CT molecular complexity index is 322. The van der Waals surface area contributed by atoms with Crippen molar-refractivity contribution in [2.24, 2.45) is 5.92 Å². The molecule has 0 atom stereocenters. The average molecular weight is 184 g/mol. The molecule has 0 aliphatic carbocycles. The zero-order chi connectivity index (χ0) is 10.4. The van der Waals surface area contributed by atoms with Crippen LogP contribution in [0.3, 0.4) is 0 Å². The highest BCUT2D eigenvalue weighted by atomic mass is 14.0. The van der Waals surface area contributed by atoms with E-state index in [-0.39, 0.29) is 5.92 Å². The topological polar surface area (TPSA) is 0 Å². The SMILES string of the molecule is C=CC(C=C)C(C)=Cc1ccccc1. The van der Waals surface area contributed by atoms with Crippen LogP contribution >= 0.6 is 0 Å². The monoisotopic (exact) mass is 184 g/mol. The second-order valence-corrected chi connectivity index (χ2v) is 3.30. The van der Waals surface area contributed by atoms with E-state index in [2.05, 4.69) is 38.3 Å². The number of rotatable bonds is 4. The maximum Gasteiger partial charge on any atom is 0.0152 e. The highest BCUT2D eigenvalue weighted by Gasteiger charge is 1.99. The van der Waals surface area contributed by atoms with Crippen LogP contribution in [0.2, 0.25) is 0 Å². The standard InChI is InChI=1S/C14H16/c1-4-14(5-2)12(3)11-13-9-7-6-8-10-13/h4-11,14H,1-2H2,3H3. The van der Waals surface area contributed by atoms with Gasteiger partial charge in [-0.15, -0.1) is 13.2 Å². The van der Waals surface area contributed by atoms with Gasteiger partial charge in [0.2, 0.25) is 0 Å². The van der Waals surface area contributed by atoms with E-state index in [0.29, 0.717) is 0 Å². The molecule has 1 aromatic carbocycles. The summed E-state index contributed by atoms with van der Waals surface area (Å²) in [5.74, 6) is 0.273. The molecule has 14 heavy (non-hydrogen) atoms. The van der Waals surface area contributed by atoms with Crippen molar-refractivity contribution in [3.05, 3.63) is 66.8 Å². The predicted molar refractivity (Wildman–Crippen MR) is 64.0 cm³/mol. The molecule has 0 fully saturated rings. The van der Waals surface area contributed by atoms with Crippen LogP contribution in [0.15, 0.2) is 61.2 Å². The van der Waals surface area contributed by atoms with Crippen molar-refractivity contribution in [3.8, 4) is 0 Å². The van der Waals surface area contributed by atoms with Crippen LogP contribution in [0.25, 0.3) is 6.08 Å². The number of hydrogen-bond acceptors (Lipinski definition) is 0. The van der Waals surface area contributed by atoms with Crippen LogP contribution in [0.1, 0.15) is 12.5 Å². The van der Waals surface area contributed by atoms with Crippen LogP contribution in [0, 0.1) is 5.92 Å².